The molecule has 0 aromatic carbocycles. The molecule has 2 aromatic rings. The minimum absolute atomic E-state index is 0.663. The number of rotatable bonds is 3. The molecule has 0 bridgehead atoms. The van der Waals surface area contributed by atoms with Crippen LogP contribution in [0.4, 0.5) is 5.69 Å². The van der Waals surface area contributed by atoms with Crippen LogP contribution in [0, 0.1) is 20.8 Å². The number of hydrogen-bond acceptors (Lipinski definition) is 4. The minimum atomic E-state index is 0.663. The minimum Gasteiger partial charge on any atom is -0.324 e. The third kappa shape index (κ3) is 2.29. The van der Waals surface area contributed by atoms with Crippen LogP contribution >= 0.6 is 0 Å². The Kier molecular flexibility index (Phi) is 3.10. The van der Waals surface area contributed by atoms with Crippen molar-refractivity contribution in [3.63, 3.8) is 0 Å². The first-order chi connectivity index (χ1) is 8.11. The van der Waals surface area contributed by atoms with Crippen LogP contribution in [0.3, 0.4) is 0 Å². The molecule has 0 atom stereocenters. The summed E-state index contributed by atoms with van der Waals surface area (Å²) < 4.78 is 1.97. The van der Waals surface area contributed by atoms with Crippen molar-refractivity contribution >= 4 is 5.69 Å². The fraction of sp³-hybridized carbons (Fsp3) is 0.333. The molecule has 2 rings (SSSR count). The lowest BCUT2D eigenvalue weighted by Crippen LogP contribution is -2.09. The quantitative estimate of drug-likeness (QED) is 0.621. The molecule has 90 valence electrons. The second-order valence-electron chi connectivity index (χ2n) is 4.13. The molecule has 0 spiro atoms. The van der Waals surface area contributed by atoms with Gasteiger partial charge < -0.3 is 5.43 Å². The summed E-state index contributed by atoms with van der Waals surface area (Å²) in [6.45, 7) is 6.83. The molecular weight excluding hydrogens is 214 g/mol. The Hall–Kier alpha value is -1.88. The first-order valence-electron chi connectivity index (χ1n) is 5.54. The SMILES string of the molecule is Cc1nn(Cc2cc(NN)ccn2)c(C)c1C. The molecule has 0 fully saturated rings. The number of hydrazine groups is 1. The van der Waals surface area contributed by atoms with E-state index in [9.17, 15) is 0 Å². The molecule has 2 heterocycles. The van der Waals surface area contributed by atoms with Gasteiger partial charge in [0.15, 0.2) is 0 Å². The molecule has 5 nitrogen and oxygen atoms in total. The van der Waals surface area contributed by atoms with Gasteiger partial charge in [-0.25, -0.2) is 0 Å². The number of aromatic nitrogens is 3. The first-order valence-corrected chi connectivity index (χ1v) is 5.54. The van der Waals surface area contributed by atoms with E-state index in [1.807, 2.05) is 23.7 Å². The van der Waals surface area contributed by atoms with Gasteiger partial charge in [0.05, 0.1) is 23.6 Å². The molecule has 3 N–H and O–H groups in total. The maximum absolute atomic E-state index is 5.37. The normalized spacial score (nSPS) is 10.6. The van der Waals surface area contributed by atoms with Crippen molar-refractivity contribution in [1.82, 2.24) is 14.8 Å². The van der Waals surface area contributed by atoms with Gasteiger partial charge in [-0.15, -0.1) is 0 Å². The summed E-state index contributed by atoms with van der Waals surface area (Å²) in [6, 6.07) is 3.75. The Morgan fingerprint density at radius 3 is 2.71 bits per heavy atom. The topological polar surface area (TPSA) is 68.8 Å². The van der Waals surface area contributed by atoms with E-state index in [2.05, 4.69) is 29.4 Å². The summed E-state index contributed by atoms with van der Waals surface area (Å²) in [5.41, 5.74) is 7.88. The lowest BCUT2D eigenvalue weighted by atomic mass is 10.2. The molecule has 0 unspecified atom stereocenters. The van der Waals surface area contributed by atoms with Crippen LogP contribution in [0.2, 0.25) is 0 Å². The molecule has 5 heteroatoms. The third-order valence-corrected chi connectivity index (χ3v) is 3.04. The van der Waals surface area contributed by atoms with Gasteiger partial charge in [0, 0.05) is 11.9 Å². The average Bonchev–Trinajstić information content (AvgIpc) is 2.57. The van der Waals surface area contributed by atoms with E-state index in [1.165, 1.54) is 11.3 Å². The lowest BCUT2D eigenvalue weighted by Gasteiger charge is -2.06. The van der Waals surface area contributed by atoms with Gasteiger partial charge in [0.25, 0.3) is 0 Å². The van der Waals surface area contributed by atoms with Crippen molar-refractivity contribution in [2.45, 2.75) is 27.3 Å². The fourth-order valence-electron chi connectivity index (χ4n) is 1.75. The molecule has 0 amide bonds. The Morgan fingerprint density at radius 2 is 2.12 bits per heavy atom. The van der Waals surface area contributed by atoms with Gasteiger partial charge in [-0.1, -0.05) is 0 Å². The standard InChI is InChI=1S/C12H17N5/c1-8-9(2)16-17(10(8)3)7-12-6-11(15-13)4-5-14-12/h4-6H,7,13H2,1-3H3,(H,14,15). The van der Waals surface area contributed by atoms with Crippen LogP contribution in [0.1, 0.15) is 22.6 Å². The van der Waals surface area contributed by atoms with E-state index in [4.69, 9.17) is 5.84 Å². The van der Waals surface area contributed by atoms with Crippen molar-refractivity contribution < 1.29 is 0 Å². The molecule has 2 aromatic heterocycles. The van der Waals surface area contributed by atoms with Gasteiger partial charge in [0.2, 0.25) is 0 Å². The van der Waals surface area contributed by atoms with E-state index < -0.39 is 0 Å². The van der Waals surface area contributed by atoms with E-state index >= 15 is 0 Å². The van der Waals surface area contributed by atoms with Crippen molar-refractivity contribution in [2.24, 2.45) is 5.84 Å². The maximum atomic E-state index is 5.37. The molecule has 0 aliphatic rings. The van der Waals surface area contributed by atoms with Crippen LogP contribution in [-0.2, 0) is 6.54 Å². The lowest BCUT2D eigenvalue weighted by molar-refractivity contribution is 0.646. The average molecular weight is 231 g/mol. The van der Waals surface area contributed by atoms with E-state index in [0.29, 0.717) is 6.54 Å². The molecule has 0 saturated carbocycles. The zero-order chi connectivity index (χ0) is 12.4. The summed E-state index contributed by atoms with van der Waals surface area (Å²) >= 11 is 0. The van der Waals surface area contributed by atoms with Gasteiger partial charge >= 0.3 is 0 Å². The second kappa shape index (κ2) is 4.55. The number of anilines is 1. The van der Waals surface area contributed by atoms with Crippen LogP contribution in [-0.4, -0.2) is 14.8 Å². The van der Waals surface area contributed by atoms with Crippen LogP contribution in [0.5, 0.6) is 0 Å². The zero-order valence-corrected chi connectivity index (χ0v) is 10.4. The Labute approximate surface area is 101 Å². The number of nitrogen functional groups attached to an aromatic ring is 1. The number of nitrogens with zero attached hydrogens (tertiary/aromatic N) is 3. The van der Waals surface area contributed by atoms with Crippen molar-refractivity contribution in [1.29, 1.82) is 0 Å². The monoisotopic (exact) mass is 231 g/mol. The number of hydrogen-bond donors (Lipinski definition) is 2. The van der Waals surface area contributed by atoms with Crippen LogP contribution in [0.15, 0.2) is 18.3 Å². The van der Waals surface area contributed by atoms with Crippen molar-refractivity contribution in [3.05, 3.63) is 41.0 Å². The number of nitrogens with one attached hydrogen (secondary N) is 1. The Morgan fingerprint density at radius 1 is 1.35 bits per heavy atom. The number of nitrogens with two attached hydrogens (primary N) is 1. The largest absolute Gasteiger partial charge is 0.324 e. The van der Waals surface area contributed by atoms with Crippen LogP contribution < -0.4 is 11.3 Å². The van der Waals surface area contributed by atoms with E-state index in [-0.39, 0.29) is 0 Å². The predicted molar refractivity (Wildman–Crippen MR) is 67.6 cm³/mol. The van der Waals surface area contributed by atoms with Crippen molar-refractivity contribution in [3.8, 4) is 0 Å². The van der Waals surface area contributed by atoms with Gasteiger partial charge in [-0.05, 0) is 38.5 Å². The summed E-state index contributed by atoms with van der Waals surface area (Å²) in [7, 11) is 0. The highest BCUT2D eigenvalue weighted by Gasteiger charge is 2.08. The summed E-state index contributed by atoms with van der Waals surface area (Å²) in [5, 5.41) is 4.49. The Balaban J connectivity index is 2.28. The molecular formula is C12H17N5. The highest BCUT2D eigenvalue weighted by atomic mass is 15.3. The first kappa shape index (κ1) is 11.6. The molecule has 17 heavy (non-hydrogen) atoms. The molecule has 0 radical (unpaired) electrons. The zero-order valence-electron chi connectivity index (χ0n) is 10.4. The summed E-state index contributed by atoms with van der Waals surface area (Å²) in [6.07, 6.45) is 1.74. The molecule has 0 aliphatic heterocycles. The highest BCUT2D eigenvalue weighted by Crippen LogP contribution is 2.13. The van der Waals surface area contributed by atoms with Crippen molar-refractivity contribution in [2.75, 3.05) is 5.43 Å². The summed E-state index contributed by atoms with van der Waals surface area (Å²) in [4.78, 5) is 4.31. The maximum Gasteiger partial charge on any atom is 0.0835 e. The second-order valence-corrected chi connectivity index (χ2v) is 4.13. The molecule has 0 aliphatic carbocycles. The molecule has 0 saturated heterocycles. The number of aryl methyl sites for hydroxylation is 1. The number of pyridine rings is 1. The van der Waals surface area contributed by atoms with Gasteiger partial charge in [-0.3, -0.25) is 15.5 Å². The van der Waals surface area contributed by atoms with Crippen LogP contribution in [0.25, 0.3) is 0 Å². The third-order valence-electron chi connectivity index (χ3n) is 3.04. The summed E-state index contributed by atoms with van der Waals surface area (Å²) in [5.74, 6) is 5.37. The smallest absolute Gasteiger partial charge is 0.0835 e. The fourth-order valence-corrected chi connectivity index (χ4v) is 1.75. The van der Waals surface area contributed by atoms with E-state index in [0.717, 1.165) is 17.1 Å². The predicted octanol–water partition coefficient (Wildman–Crippen LogP) is 1.54. The van der Waals surface area contributed by atoms with Gasteiger partial charge in [0.1, 0.15) is 0 Å². The van der Waals surface area contributed by atoms with Gasteiger partial charge in [-0.2, -0.15) is 5.10 Å². The Bertz CT molecular complexity index is 530. The highest BCUT2D eigenvalue weighted by molar-refractivity contribution is 5.41. The van der Waals surface area contributed by atoms with E-state index in [1.54, 1.807) is 6.20 Å².